The predicted octanol–water partition coefficient (Wildman–Crippen LogP) is 0.952. The van der Waals surface area contributed by atoms with E-state index in [1.807, 2.05) is 6.92 Å². The smallest absolute Gasteiger partial charge is 0.280 e. The number of piperidine rings is 1. The molecular formula is C13H27N3O3S. The van der Waals surface area contributed by atoms with Gasteiger partial charge in [0, 0.05) is 25.7 Å². The lowest BCUT2D eigenvalue weighted by molar-refractivity contribution is -0.135. The summed E-state index contributed by atoms with van der Waals surface area (Å²) in [5.41, 5.74) is 0. The van der Waals surface area contributed by atoms with Crippen LogP contribution in [0.1, 0.15) is 47.0 Å². The van der Waals surface area contributed by atoms with Gasteiger partial charge in [-0.2, -0.15) is 17.4 Å². The minimum atomic E-state index is -3.59. The summed E-state index contributed by atoms with van der Waals surface area (Å²) < 4.78 is 28.0. The van der Waals surface area contributed by atoms with Gasteiger partial charge in [0.25, 0.3) is 10.2 Å². The van der Waals surface area contributed by atoms with E-state index in [2.05, 4.69) is 4.72 Å². The minimum Gasteiger partial charge on any atom is -0.339 e. The molecule has 1 heterocycles. The normalized spacial score (nSPS) is 22.1. The molecule has 0 bridgehead atoms. The van der Waals surface area contributed by atoms with Crippen LogP contribution in [0.15, 0.2) is 0 Å². The van der Waals surface area contributed by atoms with Gasteiger partial charge in [-0.15, -0.1) is 0 Å². The molecule has 6 nitrogen and oxygen atoms in total. The molecule has 1 N–H and O–H groups in total. The lowest BCUT2D eigenvalue weighted by Gasteiger charge is -2.35. The fraction of sp³-hybridized carbons (Fsp3) is 0.923. The zero-order valence-electron chi connectivity index (χ0n) is 12.9. The summed E-state index contributed by atoms with van der Waals surface area (Å²) in [6.07, 6.45) is 3.11. The average Bonchev–Trinajstić information content (AvgIpc) is 2.39. The van der Waals surface area contributed by atoms with E-state index in [1.165, 1.54) is 4.31 Å². The van der Waals surface area contributed by atoms with Crippen LogP contribution >= 0.6 is 0 Å². The van der Waals surface area contributed by atoms with E-state index < -0.39 is 16.3 Å². The second-order valence-corrected chi connectivity index (χ2v) is 7.01. The van der Waals surface area contributed by atoms with Crippen LogP contribution in [0.25, 0.3) is 0 Å². The summed E-state index contributed by atoms with van der Waals surface area (Å²) >= 11 is 0. The zero-order chi connectivity index (χ0) is 15.3. The van der Waals surface area contributed by atoms with Gasteiger partial charge in [0.2, 0.25) is 5.91 Å². The summed E-state index contributed by atoms with van der Waals surface area (Å²) in [7, 11) is -3.59. The van der Waals surface area contributed by atoms with Gasteiger partial charge < -0.3 is 4.90 Å². The molecule has 2 atom stereocenters. The third kappa shape index (κ3) is 4.17. The van der Waals surface area contributed by atoms with Crippen LogP contribution in [0.2, 0.25) is 0 Å². The fourth-order valence-electron chi connectivity index (χ4n) is 2.59. The van der Waals surface area contributed by atoms with Crippen molar-refractivity contribution in [2.75, 3.05) is 19.6 Å². The Morgan fingerprint density at radius 1 is 1.35 bits per heavy atom. The maximum absolute atomic E-state index is 12.4. The SMILES string of the molecule is CCN(CC)S(=O)(=O)NC(C)C(=O)N1CCCCC1C. The van der Waals surface area contributed by atoms with Gasteiger partial charge in [-0.3, -0.25) is 4.79 Å². The number of carbonyl (C=O) groups excluding carboxylic acids is 1. The van der Waals surface area contributed by atoms with E-state index in [-0.39, 0.29) is 11.9 Å². The van der Waals surface area contributed by atoms with Crippen molar-refractivity contribution in [2.45, 2.75) is 59.0 Å². The lowest BCUT2D eigenvalue weighted by Crippen LogP contribution is -2.53. The van der Waals surface area contributed by atoms with Crippen molar-refractivity contribution in [3.05, 3.63) is 0 Å². The predicted molar refractivity (Wildman–Crippen MR) is 79.5 cm³/mol. The van der Waals surface area contributed by atoms with E-state index in [9.17, 15) is 13.2 Å². The first-order valence-corrected chi connectivity index (χ1v) is 8.85. The van der Waals surface area contributed by atoms with Gasteiger partial charge >= 0.3 is 0 Å². The van der Waals surface area contributed by atoms with Crippen LogP contribution in [-0.4, -0.2) is 55.2 Å². The molecule has 0 aliphatic carbocycles. The van der Waals surface area contributed by atoms with E-state index in [1.54, 1.807) is 25.7 Å². The van der Waals surface area contributed by atoms with Crippen molar-refractivity contribution in [1.82, 2.24) is 13.9 Å². The fourth-order valence-corrected chi connectivity index (χ4v) is 3.96. The number of rotatable bonds is 6. The van der Waals surface area contributed by atoms with Crippen molar-refractivity contribution in [3.63, 3.8) is 0 Å². The van der Waals surface area contributed by atoms with Crippen molar-refractivity contribution < 1.29 is 13.2 Å². The molecule has 20 heavy (non-hydrogen) atoms. The Kier molecular flexibility index (Phi) is 6.42. The minimum absolute atomic E-state index is 0.132. The molecule has 1 rings (SSSR count). The number of hydrogen-bond donors (Lipinski definition) is 1. The van der Waals surface area contributed by atoms with Crippen molar-refractivity contribution in [1.29, 1.82) is 0 Å². The molecule has 0 aromatic carbocycles. The van der Waals surface area contributed by atoms with Crippen LogP contribution in [-0.2, 0) is 15.0 Å². The summed E-state index contributed by atoms with van der Waals surface area (Å²) in [5.74, 6) is -0.132. The highest BCUT2D eigenvalue weighted by Crippen LogP contribution is 2.17. The topological polar surface area (TPSA) is 69.7 Å². The van der Waals surface area contributed by atoms with Gasteiger partial charge in [0.15, 0.2) is 0 Å². The average molecular weight is 305 g/mol. The van der Waals surface area contributed by atoms with Gasteiger partial charge in [0.05, 0.1) is 6.04 Å². The maximum Gasteiger partial charge on any atom is 0.280 e. The molecule has 1 fully saturated rings. The molecule has 1 aliphatic heterocycles. The third-order valence-electron chi connectivity index (χ3n) is 3.83. The van der Waals surface area contributed by atoms with Gasteiger partial charge in [-0.25, -0.2) is 0 Å². The first-order chi connectivity index (χ1) is 9.33. The van der Waals surface area contributed by atoms with Gasteiger partial charge in [0.1, 0.15) is 0 Å². The molecule has 1 amide bonds. The highest BCUT2D eigenvalue weighted by Gasteiger charge is 2.30. The Bertz CT molecular complexity index is 421. The van der Waals surface area contributed by atoms with Crippen LogP contribution in [0.5, 0.6) is 0 Å². The standard InChI is InChI=1S/C13H27N3O3S/c1-5-15(6-2)20(18,19)14-12(4)13(17)16-10-8-7-9-11(16)3/h11-12,14H,5-10H2,1-4H3. The second-order valence-electron chi connectivity index (χ2n) is 5.31. The van der Waals surface area contributed by atoms with Crippen molar-refractivity contribution >= 4 is 16.1 Å². The zero-order valence-corrected chi connectivity index (χ0v) is 13.7. The molecule has 0 saturated carbocycles. The third-order valence-corrected chi connectivity index (χ3v) is 5.68. The van der Waals surface area contributed by atoms with Crippen LogP contribution in [0.3, 0.4) is 0 Å². The van der Waals surface area contributed by atoms with E-state index >= 15 is 0 Å². The molecule has 1 aliphatic rings. The summed E-state index contributed by atoms with van der Waals surface area (Å²) in [6.45, 7) is 8.70. The first-order valence-electron chi connectivity index (χ1n) is 7.41. The number of nitrogens with zero attached hydrogens (tertiary/aromatic N) is 2. The molecule has 7 heteroatoms. The van der Waals surface area contributed by atoms with E-state index in [4.69, 9.17) is 0 Å². The summed E-state index contributed by atoms with van der Waals surface area (Å²) in [4.78, 5) is 14.2. The Morgan fingerprint density at radius 3 is 2.45 bits per heavy atom. The number of amides is 1. The largest absolute Gasteiger partial charge is 0.339 e. The number of carbonyl (C=O) groups is 1. The number of hydrogen-bond acceptors (Lipinski definition) is 3. The highest BCUT2D eigenvalue weighted by molar-refractivity contribution is 7.87. The monoisotopic (exact) mass is 305 g/mol. The highest BCUT2D eigenvalue weighted by atomic mass is 32.2. The Morgan fingerprint density at radius 2 is 1.95 bits per heavy atom. The molecule has 118 valence electrons. The van der Waals surface area contributed by atoms with E-state index in [0.29, 0.717) is 13.1 Å². The quantitative estimate of drug-likeness (QED) is 0.794. The lowest BCUT2D eigenvalue weighted by atomic mass is 10.0. The first kappa shape index (κ1) is 17.4. The van der Waals surface area contributed by atoms with Crippen LogP contribution in [0, 0.1) is 0 Å². The molecule has 0 aromatic heterocycles. The number of likely N-dealkylation sites (tertiary alicyclic amines) is 1. The maximum atomic E-state index is 12.4. The molecule has 1 saturated heterocycles. The van der Waals surface area contributed by atoms with Crippen molar-refractivity contribution in [2.24, 2.45) is 0 Å². The molecule has 2 unspecified atom stereocenters. The number of nitrogens with one attached hydrogen (secondary N) is 1. The molecular weight excluding hydrogens is 278 g/mol. The Labute approximate surface area is 122 Å². The summed E-state index contributed by atoms with van der Waals surface area (Å²) in [6, 6.07) is -0.530. The molecule has 0 spiro atoms. The van der Waals surface area contributed by atoms with Gasteiger partial charge in [-0.1, -0.05) is 13.8 Å². The molecule has 0 aromatic rings. The van der Waals surface area contributed by atoms with E-state index in [0.717, 1.165) is 25.8 Å². The van der Waals surface area contributed by atoms with Crippen molar-refractivity contribution in [3.8, 4) is 0 Å². The van der Waals surface area contributed by atoms with Gasteiger partial charge in [-0.05, 0) is 33.1 Å². The second kappa shape index (κ2) is 7.38. The Balaban J connectivity index is 2.70. The molecule has 0 radical (unpaired) electrons. The van der Waals surface area contributed by atoms with Crippen LogP contribution in [0.4, 0.5) is 0 Å². The summed E-state index contributed by atoms with van der Waals surface area (Å²) in [5, 5.41) is 0. The Hall–Kier alpha value is -0.660. The van der Waals surface area contributed by atoms with Crippen LogP contribution < -0.4 is 4.72 Å².